The summed E-state index contributed by atoms with van der Waals surface area (Å²) in [7, 11) is -3.55. The second-order valence-electron chi connectivity index (χ2n) is 8.28. The Morgan fingerprint density at radius 1 is 0.969 bits per heavy atom. The molecule has 2 fully saturated rings. The van der Waals surface area contributed by atoms with E-state index in [0.29, 0.717) is 43.7 Å². The fourth-order valence-corrected chi connectivity index (χ4v) is 5.67. The average Bonchev–Trinajstić information content (AvgIpc) is 2.84. The molecule has 2 aromatic rings. The summed E-state index contributed by atoms with van der Waals surface area (Å²) in [5.74, 6) is 0.993. The van der Waals surface area contributed by atoms with Gasteiger partial charge in [0.15, 0.2) is 6.61 Å². The standard InChI is InChI=1S/C24H30N2O5S/c27-24(18-31-22-10-6-20(7-11-22)19-4-2-1-3-5-19)25-21-8-12-23(13-9-21)32(28,29)26-14-16-30-17-15-26/h6-13,19H,1-5,14-18H2,(H,25,27). The molecule has 1 saturated carbocycles. The highest BCUT2D eigenvalue weighted by atomic mass is 32.2. The molecule has 1 heterocycles. The lowest BCUT2D eigenvalue weighted by molar-refractivity contribution is -0.118. The molecule has 8 heteroatoms. The van der Waals surface area contributed by atoms with Gasteiger partial charge in [-0.1, -0.05) is 31.4 Å². The first-order chi connectivity index (χ1) is 15.5. The zero-order valence-corrected chi connectivity index (χ0v) is 19.0. The highest BCUT2D eigenvalue weighted by Crippen LogP contribution is 2.33. The van der Waals surface area contributed by atoms with E-state index in [0.717, 1.165) is 0 Å². The van der Waals surface area contributed by atoms with E-state index in [-0.39, 0.29) is 17.4 Å². The Balaban J connectivity index is 1.27. The van der Waals surface area contributed by atoms with Crippen molar-refractivity contribution in [2.45, 2.75) is 42.9 Å². The van der Waals surface area contributed by atoms with Crippen LogP contribution in [0.2, 0.25) is 0 Å². The van der Waals surface area contributed by atoms with Crippen LogP contribution < -0.4 is 10.1 Å². The van der Waals surface area contributed by atoms with Gasteiger partial charge in [-0.05, 0) is 60.7 Å². The lowest BCUT2D eigenvalue weighted by Crippen LogP contribution is -2.40. The number of benzene rings is 2. The lowest BCUT2D eigenvalue weighted by atomic mass is 9.84. The first kappa shape index (κ1) is 22.8. The number of nitrogens with one attached hydrogen (secondary N) is 1. The van der Waals surface area contributed by atoms with E-state index < -0.39 is 10.0 Å². The van der Waals surface area contributed by atoms with E-state index >= 15 is 0 Å². The third kappa shape index (κ3) is 5.68. The van der Waals surface area contributed by atoms with Crippen LogP contribution in [0.15, 0.2) is 53.4 Å². The van der Waals surface area contributed by atoms with Crippen LogP contribution in [0.25, 0.3) is 0 Å². The summed E-state index contributed by atoms with van der Waals surface area (Å²) in [5.41, 5.74) is 1.86. The molecule has 2 aliphatic rings. The number of nitrogens with zero attached hydrogens (tertiary/aromatic N) is 1. The van der Waals surface area contributed by atoms with Gasteiger partial charge in [0.1, 0.15) is 5.75 Å². The Kier molecular flexibility index (Phi) is 7.44. The van der Waals surface area contributed by atoms with Gasteiger partial charge >= 0.3 is 0 Å². The molecule has 172 valence electrons. The van der Waals surface area contributed by atoms with E-state index in [9.17, 15) is 13.2 Å². The van der Waals surface area contributed by atoms with Crippen molar-refractivity contribution in [2.75, 3.05) is 38.2 Å². The number of carbonyl (C=O) groups is 1. The predicted molar refractivity (Wildman–Crippen MR) is 122 cm³/mol. The quantitative estimate of drug-likeness (QED) is 0.683. The molecule has 32 heavy (non-hydrogen) atoms. The summed E-state index contributed by atoms with van der Waals surface area (Å²) in [6.45, 7) is 1.38. The number of hydrogen-bond donors (Lipinski definition) is 1. The van der Waals surface area contributed by atoms with Gasteiger partial charge in [-0.15, -0.1) is 0 Å². The molecule has 1 aliphatic heterocycles. The summed E-state index contributed by atoms with van der Waals surface area (Å²) in [6.07, 6.45) is 6.41. The second-order valence-corrected chi connectivity index (χ2v) is 10.2. The van der Waals surface area contributed by atoms with Crippen molar-refractivity contribution >= 4 is 21.6 Å². The van der Waals surface area contributed by atoms with Gasteiger partial charge in [0.25, 0.3) is 5.91 Å². The van der Waals surface area contributed by atoms with E-state index in [1.807, 2.05) is 12.1 Å². The molecular formula is C24H30N2O5S. The topological polar surface area (TPSA) is 84.9 Å². The van der Waals surface area contributed by atoms with E-state index in [4.69, 9.17) is 9.47 Å². The molecule has 1 saturated heterocycles. The smallest absolute Gasteiger partial charge is 0.262 e. The van der Waals surface area contributed by atoms with Crippen LogP contribution in [-0.2, 0) is 19.6 Å². The maximum atomic E-state index is 12.7. The van der Waals surface area contributed by atoms with Gasteiger partial charge < -0.3 is 14.8 Å². The third-order valence-corrected chi connectivity index (χ3v) is 7.99. The number of sulfonamides is 1. The molecule has 0 spiro atoms. The molecular weight excluding hydrogens is 428 g/mol. The van der Waals surface area contributed by atoms with Crippen molar-refractivity contribution in [1.29, 1.82) is 0 Å². The van der Waals surface area contributed by atoms with Crippen molar-refractivity contribution in [3.63, 3.8) is 0 Å². The van der Waals surface area contributed by atoms with Gasteiger partial charge in [-0.2, -0.15) is 4.31 Å². The zero-order chi connectivity index (χ0) is 22.4. The molecule has 0 aromatic heterocycles. The molecule has 0 unspecified atom stereocenters. The molecule has 1 amide bonds. The number of morpholine rings is 1. The van der Waals surface area contributed by atoms with Crippen LogP contribution in [0, 0.1) is 0 Å². The fourth-order valence-electron chi connectivity index (χ4n) is 4.26. The van der Waals surface area contributed by atoms with Gasteiger partial charge in [0, 0.05) is 18.8 Å². The van der Waals surface area contributed by atoms with Gasteiger partial charge in [-0.3, -0.25) is 4.79 Å². The Morgan fingerprint density at radius 2 is 1.62 bits per heavy atom. The Labute approximate surface area is 189 Å². The van der Waals surface area contributed by atoms with E-state index in [1.54, 1.807) is 12.1 Å². The van der Waals surface area contributed by atoms with E-state index in [1.165, 1.54) is 54.1 Å². The Hall–Kier alpha value is -2.42. The first-order valence-corrected chi connectivity index (χ1v) is 12.7. The molecule has 0 radical (unpaired) electrons. The number of anilines is 1. The predicted octanol–water partition coefficient (Wildman–Crippen LogP) is 3.77. The van der Waals surface area contributed by atoms with Crippen LogP contribution in [0.3, 0.4) is 0 Å². The van der Waals surface area contributed by atoms with Crippen molar-refractivity contribution in [2.24, 2.45) is 0 Å². The number of amides is 1. The molecule has 1 aliphatic carbocycles. The van der Waals surface area contributed by atoms with Crippen LogP contribution in [0.4, 0.5) is 5.69 Å². The van der Waals surface area contributed by atoms with Crippen molar-refractivity contribution in [1.82, 2.24) is 4.31 Å². The van der Waals surface area contributed by atoms with Crippen LogP contribution in [-0.4, -0.2) is 51.5 Å². The van der Waals surface area contributed by atoms with E-state index in [2.05, 4.69) is 17.4 Å². The summed E-state index contributed by atoms with van der Waals surface area (Å²) >= 11 is 0. The minimum absolute atomic E-state index is 0.114. The maximum absolute atomic E-state index is 12.7. The van der Waals surface area contributed by atoms with Gasteiger partial charge in [-0.25, -0.2) is 8.42 Å². The Bertz CT molecular complexity index is 994. The number of hydrogen-bond acceptors (Lipinski definition) is 5. The summed E-state index contributed by atoms with van der Waals surface area (Å²) in [5, 5.41) is 2.74. The molecule has 0 bridgehead atoms. The van der Waals surface area contributed by atoms with Crippen molar-refractivity contribution < 1.29 is 22.7 Å². The minimum atomic E-state index is -3.55. The SMILES string of the molecule is O=C(COc1ccc(C2CCCCC2)cc1)Nc1ccc(S(=O)(=O)N2CCOCC2)cc1. The van der Waals surface area contributed by atoms with Crippen molar-refractivity contribution in [3.05, 3.63) is 54.1 Å². The van der Waals surface area contributed by atoms with Crippen LogP contribution >= 0.6 is 0 Å². The van der Waals surface area contributed by atoms with Crippen LogP contribution in [0.5, 0.6) is 5.75 Å². The number of ether oxygens (including phenoxy) is 2. The monoisotopic (exact) mass is 458 g/mol. The van der Waals surface area contributed by atoms with Crippen molar-refractivity contribution in [3.8, 4) is 5.75 Å². The molecule has 1 N–H and O–H groups in total. The second kappa shape index (κ2) is 10.5. The molecule has 4 rings (SSSR count). The lowest BCUT2D eigenvalue weighted by Gasteiger charge is -2.26. The summed E-state index contributed by atoms with van der Waals surface area (Å²) in [6, 6.07) is 14.2. The summed E-state index contributed by atoms with van der Waals surface area (Å²) < 4.78 is 37.6. The molecule has 2 aromatic carbocycles. The first-order valence-electron chi connectivity index (χ1n) is 11.2. The summed E-state index contributed by atoms with van der Waals surface area (Å²) in [4.78, 5) is 12.5. The van der Waals surface area contributed by atoms with Crippen LogP contribution in [0.1, 0.15) is 43.6 Å². The Morgan fingerprint density at radius 3 is 2.28 bits per heavy atom. The highest BCUT2D eigenvalue weighted by Gasteiger charge is 2.26. The fraction of sp³-hybridized carbons (Fsp3) is 0.458. The minimum Gasteiger partial charge on any atom is -0.484 e. The molecule has 0 atom stereocenters. The average molecular weight is 459 g/mol. The zero-order valence-electron chi connectivity index (χ0n) is 18.2. The largest absolute Gasteiger partial charge is 0.484 e. The molecule has 7 nitrogen and oxygen atoms in total. The maximum Gasteiger partial charge on any atom is 0.262 e. The normalized spacial score (nSPS) is 18.2. The van der Waals surface area contributed by atoms with Gasteiger partial charge in [0.2, 0.25) is 10.0 Å². The third-order valence-electron chi connectivity index (χ3n) is 6.07. The number of rotatable bonds is 7. The van der Waals surface area contributed by atoms with Gasteiger partial charge in [0.05, 0.1) is 18.1 Å². The number of carbonyl (C=O) groups excluding carboxylic acids is 1. The highest BCUT2D eigenvalue weighted by molar-refractivity contribution is 7.89.